The summed E-state index contributed by atoms with van der Waals surface area (Å²) in [5, 5.41) is 0.859. The van der Waals surface area contributed by atoms with E-state index in [1.807, 2.05) is 12.1 Å². The average molecular weight is 239 g/mol. The highest BCUT2D eigenvalue weighted by atomic mass is 19.1. The van der Waals surface area contributed by atoms with Gasteiger partial charge in [0.1, 0.15) is 12.1 Å². The summed E-state index contributed by atoms with van der Waals surface area (Å²) < 4.78 is 13.3. The normalized spacial score (nSPS) is 10.7. The van der Waals surface area contributed by atoms with Gasteiger partial charge in [-0.25, -0.2) is 14.4 Å². The molecule has 0 amide bonds. The van der Waals surface area contributed by atoms with Crippen LogP contribution in [0, 0.1) is 5.82 Å². The van der Waals surface area contributed by atoms with Crippen LogP contribution in [-0.4, -0.2) is 9.97 Å². The Balaban J connectivity index is 2.29. The first-order valence-electron chi connectivity index (χ1n) is 5.50. The fourth-order valence-electron chi connectivity index (χ4n) is 1.94. The van der Waals surface area contributed by atoms with Crippen molar-refractivity contribution in [2.75, 3.05) is 5.73 Å². The lowest BCUT2D eigenvalue weighted by Crippen LogP contribution is -1.91. The zero-order valence-electron chi connectivity index (χ0n) is 9.47. The van der Waals surface area contributed by atoms with Crippen LogP contribution >= 0.6 is 0 Å². The lowest BCUT2D eigenvalue weighted by Gasteiger charge is -2.05. The fourth-order valence-corrected chi connectivity index (χ4v) is 1.94. The molecule has 1 aromatic heterocycles. The molecule has 3 nitrogen and oxygen atoms in total. The number of hydrogen-bond donors (Lipinski definition) is 1. The van der Waals surface area contributed by atoms with Crippen molar-refractivity contribution in [1.29, 1.82) is 0 Å². The van der Waals surface area contributed by atoms with E-state index < -0.39 is 0 Å². The third kappa shape index (κ3) is 1.78. The summed E-state index contributed by atoms with van der Waals surface area (Å²) in [6.45, 7) is 0. The molecule has 0 bridgehead atoms. The van der Waals surface area contributed by atoms with Gasteiger partial charge in [0, 0.05) is 16.6 Å². The van der Waals surface area contributed by atoms with E-state index in [2.05, 4.69) is 9.97 Å². The number of nitrogens with two attached hydrogens (primary N) is 1. The van der Waals surface area contributed by atoms with Crippen LogP contribution in [0.2, 0.25) is 0 Å². The number of hydrogen-bond acceptors (Lipinski definition) is 3. The lowest BCUT2D eigenvalue weighted by molar-refractivity contribution is 0.628. The van der Waals surface area contributed by atoms with E-state index in [1.54, 1.807) is 18.2 Å². The van der Waals surface area contributed by atoms with E-state index in [9.17, 15) is 4.39 Å². The standard InChI is InChI=1S/C14H10FN3/c15-10-3-1-2-9(6-10)14-12-5-4-11(16)7-13(12)17-8-18-14/h1-8H,16H2. The summed E-state index contributed by atoms with van der Waals surface area (Å²) >= 11 is 0. The summed E-state index contributed by atoms with van der Waals surface area (Å²) in [5.74, 6) is -0.283. The molecule has 0 fully saturated rings. The van der Waals surface area contributed by atoms with E-state index >= 15 is 0 Å². The third-order valence-corrected chi connectivity index (χ3v) is 2.76. The summed E-state index contributed by atoms with van der Waals surface area (Å²) in [6.07, 6.45) is 1.46. The maximum absolute atomic E-state index is 13.3. The quantitative estimate of drug-likeness (QED) is 0.664. The van der Waals surface area contributed by atoms with Crippen LogP contribution in [0.4, 0.5) is 10.1 Å². The first-order chi connectivity index (χ1) is 8.74. The van der Waals surface area contributed by atoms with Crippen LogP contribution in [0.5, 0.6) is 0 Å². The summed E-state index contributed by atoms with van der Waals surface area (Å²) in [4.78, 5) is 8.40. The molecule has 3 rings (SSSR count). The second-order valence-electron chi connectivity index (χ2n) is 4.01. The molecule has 0 unspecified atom stereocenters. The molecule has 0 radical (unpaired) electrons. The number of benzene rings is 2. The van der Waals surface area contributed by atoms with Gasteiger partial charge in [0.25, 0.3) is 0 Å². The van der Waals surface area contributed by atoms with Crippen LogP contribution in [0.15, 0.2) is 48.8 Å². The van der Waals surface area contributed by atoms with Crippen molar-refractivity contribution in [3.63, 3.8) is 0 Å². The van der Waals surface area contributed by atoms with Crippen LogP contribution in [0.25, 0.3) is 22.2 Å². The topological polar surface area (TPSA) is 51.8 Å². The predicted molar refractivity (Wildman–Crippen MR) is 69.3 cm³/mol. The zero-order valence-corrected chi connectivity index (χ0v) is 9.47. The van der Waals surface area contributed by atoms with Gasteiger partial charge >= 0.3 is 0 Å². The number of halogens is 1. The molecular weight excluding hydrogens is 229 g/mol. The number of anilines is 1. The lowest BCUT2D eigenvalue weighted by atomic mass is 10.1. The SMILES string of the molecule is Nc1ccc2c(-c3cccc(F)c3)ncnc2c1. The van der Waals surface area contributed by atoms with Gasteiger partial charge < -0.3 is 5.73 Å². The van der Waals surface area contributed by atoms with E-state index in [-0.39, 0.29) is 5.82 Å². The van der Waals surface area contributed by atoms with Gasteiger partial charge in [-0.15, -0.1) is 0 Å². The molecular formula is C14H10FN3. The van der Waals surface area contributed by atoms with E-state index in [0.717, 1.165) is 16.5 Å². The minimum Gasteiger partial charge on any atom is -0.399 e. The van der Waals surface area contributed by atoms with Crippen LogP contribution in [-0.2, 0) is 0 Å². The van der Waals surface area contributed by atoms with Crippen molar-refractivity contribution in [1.82, 2.24) is 9.97 Å². The molecule has 0 saturated heterocycles. The molecule has 3 aromatic rings. The first kappa shape index (κ1) is 10.7. The highest BCUT2D eigenvalue weighted by Gasteiger charge is 2.07. The third-order valence-electron chi connectivity index (χ3n) is 2.76. The maximum Gasteiger partial charge on any atom is 0.123 e. The number of nitrogen functional groups attached to an aromatic ring is 1. The Morgan fingerprint density at radius 1 is 1.00 bits per heavy atom. The minimum absolute atomic E-state index is 0.283. The van der Waals surface area contributed by atoms with Crippen molar-refractivity contribution in [2.24, 2.45) is 0 Å². The minimum atomic E-state index is -0.283. The molecule has 2 N–H and O–H groups in total. The van der Waals surface area contributed by atoms with Crippen LogP contribution in [0.3, 0.4) is 0 Å². The smallest absolute Gasteiger partial charge is 0.123 e. The van der Waals surface area contributed by atoms with Gasteiger partial charge in [-0.05, 0) is 30.3 Å². The fraction of sp³-hybridized carbons (Fsp3) is 0. The highest BCUT2D eigenvalue weighted by Crippen LogP contribution is 2.26. The first-order valence-corrected chi connectivity index (χ1v) is 5.50. The largest absolute Gasteiger partial charge is 0.399 e. The Hall–Kier alpha value is -2.49. The van der Waals surface area contributed by atoms with E-state index in [4.69, 9.17) is 5.73 Å². The number of nitrogens with zero attached hydrogens (tertiary/aromatic N) is 2. The maximum atomic E-state index is 13.3. The molecule has 0 atom stereocenters. The second kappa shape index (κ2) is 4.07. The monoisotopic (exact) mass is 239 g/mol. The molecule has 0 aliphatic rings. The molecule has 88 valence electrons. The Bertz CT molecular complexity index is 725. The number of fused-ring (bicyclic) bond motifs is 1. The van der Waals surface area contributed by atoms with Gasteiger partial charge in [-0.1, -0.05) is 12.1 Å². The van der Waals surface area contributed by atoms with Gasteiger partial charge in [-0.2, -0.15) is 0 Å². The Morgan fingerprint density at radius 3 is 2.72 bits per heavy atom. The summed E-state index contributed by atoms with van der Waals surface area (Å²) in [7, 11) is 0. The van der Waals surface area contributed by atoms with Crippen molar-refractivity contribution < 1.29 is 4.39 Å². The van der Waals surface area contributed by atoms with Crippen LogP contribution in [0.1, 0.15) is 0 Å². The Kier molecular flexibility index (Phi) is 2.41. The molecule has 0 aliphatic heterocycles. The molecule has 1 heterocycles. The molecule has 4 heteroatoms. The van der Waals surface area contributed by atoms with Crippen molar-refractivity contribution in [2.45, 2.75) is 0 Å². The van der Waals surface area contributed by atoms with Gasteiger partial charge in [-0.3, -0.25) is 0 Å². The van der Waals surface area contributed by atoms with Crippen molar-refractivity contribution in [3.05, 3.63) is 54.6 Å². The van der Waals surface area contributed by atoms with E-state index in [0.29, 0.717) is 11.4 Å². The average Bonchev–Trinajstić information content (AvgIpc) is 2.37. The molecule has 2 aromatic carbocycles. The van der Waals surface area contributed by atoms with Gasteiger partial charge in [0.15, 0.2) is 0 Å². The van der Waals surface area contributed by atoms with Gasteiger partial charge in [0.2, 0.25) is 0 Å². The zero-order chi connectivity index (χ0) is 12.5. The highest BCUT2D eigenvalue weighted by molar-refractivity contribution is 5.93. The van der Waals surface area contributed by atoms with Gasteiger partial charge in [0.05, 0.1) is 11.2 Å². The number of rotatable bonds is 1. The molecule has 0 saturated carbocycles. The van der Waals surface area contributed by atoms with Crippen molar-refractivity contribution in [3.8, 4) is 11.3 Å². The second-order valence-corrected chi connectivity index (χ2v) is 4.01. The Morgan fingerprint density at radius 2 is 1.89 bits per heavy atom. The molecule has 18 heavy (non-hydrogen) atoms. The van der Waals surface area contributed by atoms with Crippen molar-refractivity contribution >= 4 is 16.6 Å². The predicted octanol–water partition coefficient (Wildman–Crippen LogP) is 3.02. The summed E-state index contributed by atoms with van der Waals surface area (Å²) in [5.41, 5.74) is 8.55. The van der Waals surface area contributed by atoms with E-state index in [1.165, 1.54) is 18.5 Å². The Labute approximate surface area is 103 Å². The number of aromatic nitrogens is 2. The van der Waals surface area contributed by atoms with Crippen LogP contribution < -0.4 is 5.73 Å². The summed E-state index contributed by atoms with van der Waals surface area (Å²) in [6, 6.07) is 11.8. The molecule has 0 aliphatic carbocycles. The molecule has 0 spiro atoms.